The monoisotopic (exact) mass is 317 g/mol. The van der Waals surface area contributed by atoms with Crippen LogP contribution in [0.3, 0.4) is 0 Å². The fourth-order valence-corrected chi connectivity index (χ4v) is 2.12. The van der Waals surface area contributed by atoms with Crippen LogP contribution in [0.15, 0.2) is 0 Å². The molecule has 130 valence electrons. The first-order valence-electron chi connectivity index (χ1n) is 8.08. The number of carbonyl (C=O) groups is 1. The van der Waals surface area contributed by atoms with E-state index >= 15 is 0 Å². The number of hydrogen-bond donors (Lipinski definition) is 1. The SMILES string of the molecule is CC(C)COC1COCC(N)C(=O)OC(C)C1OCC(C)C. The van der Waals surface area contributed by atoms with Gasteiger partial charge in [-0.25, -0.2) is 0 Å². The zero-order valence-corrected chi connectivity index (χ0v) is 14.4. The maximum absolute atomic E-state index is 11.9. The molecule has 0 aromatic rings. The number of esters is 1. The summed E-state index contributed by atoms with van der Waals surface area (Å²) in [5.74, 6) is 0.318. The van der Waals surface area contributed by atoms with Crippen LogP contribution < -0.4 is 5.73 Å². The first-order chi connectivity index (χ1) is 10.3. The highest BCUT2D eigenvalue weighted by Gasteiger charge is 2.34. The van der Waals surface area contributed by atoms with Gasteiger partial charge < -0.3 is 24.7 Å². The predicted octanol–water partition coefficient (Wildman–Crippen LogP) is 1.36. The van der Waals surface area contributed by atoms with Gasteiger partial charge in [0, 0.05) is 13.2 Å². The van der Waals surface area contributed by atoms with Crippen molar-refractivity contribution in [2.45, 2.75) is 59.0 Å². The van der Waals surface area contributed by atoms with Crippen molar-refractivity contribution in [3.05, 3.63) is 0 Å². The zero-order chi connectivity index (χ0) is 16.7. The van der Waals surface area contributed by atoms with E-state index in [4.69, 9.17) is 24.7 Å². The third-order valence-electron chi connectivity index (χ3n) is 3.28. The molecule has 1 rings (SSSR count). The van der Waals surface area contributed by atoms with Gasteiger partial charge in [-0.2, -0.15) is 0 Å². The molecule has 0 aromatic heterocycles. The summed E-state index contributed by atoms with van der Waals surface area (Å²) in [6.45, 7) is 11.8. The van der Waals surface area contributed by atoms with Crippen LogP contribution in [-0.4, -0.2) is 56.8 Å². The number of hydrogen-bond acceptors (Lipinski definition) is 6. The lowest BCUT2D eigenvalue weighted by Gasteiger charge is -2.31. The van der Waals surface area contributed by atoms with E-state index in [1.54, 1.807) is 0 Å². The molecule has 1 saturated heterocycles. The standard InChI is InChI=1S/C16H31NO5/c1-10(2)6-20-14-9-19-8-13(17)16(18)22-12(5)15(14)21-7-11(3)4/h10-15H,6-9,17H2,1-5H3. The topological polar surface area (TPSA) is 80.0 Å². The third kappa shape index (κ3) is 6.60. The van der Waals surface area contributed by atoms with Crippen molar-refractivity contribution in [2.24, 2.45) is 17.6 Å². The molecule has 1 aliphatic heterocycles. The Kier molecular flexibility index (Phi) is 8.31. The molecule has 0 radical (unpaired) electrons. The van der Waals surface area contributed by atoms with E-state index in [-0.39, 0.29) is 18.8 Å². The van der Waals surface area contributed by atoms with Crippen LogP contribution in [0.1, 0.15) is 34.6 Å². The van der Waals surface area contributed by atoms with Crippen LogP contribution in [0, 0.1) is 11.8 Å². The maximum atomic E-state index is 11.9. The molecule has 1 fully saturated rings. The summed E-state index contributed by atoms with van der Waals surface area (Å²) in [7, 11) is 0. The minimum atomic E-state index is -0.767. The van der Waals surface area contributed by atoms with Crippen LogP contribution in [0.5, 0.6) is 0 Å². The molecular weight excluding hydrogens is 286 g/mol. The van der Waals surface area contributed by atoms with Gasteiger partial charge in [0.2, 0.25) is 0 Å². The molecule has 2 N–H and O–H groups in total. The Balaban J connectivity index is 2.81. The minimum Gasteiger partial charge on any atom is -0.459 e. The van der Waals surface area contributed by atoms with Crippen molar-refractivity contribution < 1.29 is 23.7 Å². The second-order valence-electron chi connectivity index (χ2n) is 6.74. The molecular formula is C16H31NO5. The maximum Gasteiger partial charge on any atom is 0.325 e. The first kappa shape index (κ1) is 19.4. The third-order valence-corrected chi connectivity index (χ3v) is 3.28. The minimum absolute atomic E-state index is 0.129. The Labute approximate surface area is 133 Å². The lowest BCUT2D eigenvalue weighted by Crippen LogP contribution is -2.45. The lowest BCUT2D eigenvalue weighted by atomic mass is 10.1. The van der Waals surface area contributed by atoms with Gasteiger partial charge in [0.05, 0.1) is 13.2 Å². The number of nitrogens with two attached hydrogens (primary N) is 1. The van der Waals surface area contributed by atoms with E-state index < -0.39 is 18.1 Å². The van der Waals surface area contributed by atoms with Crippen LogP contribution in [-0.2, 0) is 23.7 Å². The molecule has 0 aromatic carbocycles. The average molecular weight is 317 g/mol. The Hall–Kier alpha value is -0.690. The highest BCUT2D eigenvalue weighted by atomic mass is 16.6. The second-order valence-corrected chi connectivity index (χ2v) is 6.74. The van der Waals surface area contributed by atoms with E-state index in [1.807, 2.05) is 6.92 Å². The molecule has 1 aliphatic rings. The molecule has 4 atom stereocenters. The normalized spacial score (nSPS) is 30.8. The zero-order valence-electron chi connectivity index (χ0n) is 14.4. The molecule has 0 bridgehead atoms. The van der Waals surface area contributed by atoms with Crippen molar-refractivity contribution in [1.82, 2.24) is 0 Å². The summed E-state index contributed by atoms with van der Waals surface area (Å²) in [5, 5.41) is 0. The summed E-state index contributed by atoms with van der Waals surface area (Å²) >= 11 is 0. The fraction of sp³-hybridized carbons (Fsp3) is 0.938. The summed E-state index contributed by atoms with van der Waals surface area (Å²) in [4.78, 5) is 11.9. The van der Waals surface area contributed by atoms with Crippen LogP contribution >= 0.6 is 0 Å². The Bertz CT molecular complexity index is 334. The average Bonchev–Trinajstić information content (AvgIpc) is 2.46. The van der Waals surface area contributed by atoms with Crippen molar-refractivity contribution >= 4 is 5.97 Å². The lowest BCUT2D eigenvalue weighted by molar-refractivity contribution is -0.169. The first-order valence-corrected chi connectivity index (χ1v) is 8.08. The van der Waals surface area contributed by atoms with Crippen molar-refractivity contribution in [3.63, 3.8) is 0 Å². The Morgan fingerprint density at radius 2 is 1.73 bits per heavy atom. The fourth-order valence-electron chi connectivity index (χ4n) is 2.12. The van der Waals surface area contributed by atoms with E-state index in [0.717, 1.165) is 0 Å². The smallest absolute Gasteiger partial charge is 0.325 e. The number of ether oxygens (including phenoxy) is 4. The number of cyclic esters (lactones) is 1. The number of rotatable bonds is 6. The summed E-state index contributed by atoms with van der Waals surface area (Å²) in [6, 6.07) is -0.767. The van der Waals surface area contributed by atoms with Crippen LogP contribution in [0.2, 0.25) is 0 Å². The molecule has 4 unspecified atom stereocenters. The van der Waals surface area contributed by atoms with Gasteiger partial charge in [-0.05, 0) is 18.8 Å². The van der Waals surface area contributed by atoms with Crippen molar-refractivity contribution in [1.29, 1.82) is 0 Å². The van der Waals surface area contributed by atoms with Crippen LogP contribution in [0.4, 0.5) is 0 Å². The second kappa shape index (κ2) is 9.45. The van der Waals surface area contributed by atoms with Crippen molar-refractivity contribution in [3.8, 4) is 0 Å². The van der Waals surface area contributed by atoms with Gasteiger partial charge in [-0.3, -0.25) is 4.79 Å². The van der Waals surface area contributed by atoms with Gasteiger partial charge in [0.25, 0.3) is 0 Å². The van der Waals surface area contributed by atoms with E-state index in [2.05, 4.69) is 27.7 Å². The van der Waals surface area contributed by atoms with Gasteiger partial charge in [0.15, 0.2) is 0 Å². The van der Waals surface area contributed by atoms with Crippen molar-refractivity contribution in [2.75, 3.05) is 26.4 Å². The Morgan fingerprint density at radius 3 is 2.32 bits per heavy atom. The van der Waals surface area contributed by atoms with Gasteiger partial charge in [-0.15, -0.1) is 0 Å². The van der Waals surface area contributed by atoms with E-state index in [0.29, 0.717) is 31.7 Å². The largest absolute Gasteiger partial charge is 0.459 e. The molecule has 0 spiro atoms. The highest BCUT2D eigenvalue weighted by molar-refractivity contribution is 5.75. The molecule has 1 heterocycles. The summed E-state index contributed by atoms with van der Waals surface area (Å²) in [5.41, 5.74) is 5.73. The van der Waals surface area contributed by atoms with Gasteiger partial charge >= 0.3 is 5.97 Å². The van der Waals surface area contributed by atoms with Crippen LogP contribution in [0.25, 0.3) is 0 Å². The molecule has 22 heavy (non-hydrogen) atoms. The quantitative estimate of drug-likeness (QED) is 0.745. The highest BCUT2D eigenvalue weighted by Crippen LogP contribution is 2.17. The predicted molar refractivity (Wildman–Crippen MR) is 83.5 cm³/mol. The van der Waals surface area contributed by atoms with Gasteiger partial charge in [0.1, 0.15) is 24.4 Å². The van der Waals surface area contributed by atoms with Gasteiger partial charge in [-0.1, -0.05) is 27.7 Å². The molecule has 6 heteroatoms. The number of carbonyl (C=O) groups excluding carboxylic acids is 1. The summed E-state index contributed by atoms with van der Waals surface area (Å²) < 4.78 is 22.8. The molecule has 0 amide bonds. The van der Waals surface area contributed by atoms with E-state index in [9.17, 15) is 4.79 Å². The molecule has 6 nitrogen and oxygen atoms in total. The molecule has 0 aliphatic carbocycles. The van der Waals surface area contributed by atoms with E-state index in [1.165, 1.54) is 0 Å². The Morgan fingerprint density at radius 1 is 1.14 bits per heavy atom. The summed E-state index contributed by atoms with van der Waals surface area (Å²) in [6.07, 6.45) is -1.08. The molecule has 0 saturated carbocycles.